The minimum absolute atomic E-state index is 0. The molecule has 1 atom stereocenters. The number of aliphatic imine (C=N–C) groups is 1. The molecular weight excluding hydrogens is 540 g/mol. The Labute approximate surface area is 202 Å². The van der Waals surface area contributed by atoms with Gasteiger partial charge in [0.15, 0.2) is 11.7 Å². The van der Waals surface area contributed by atoms with Gasteiger partial charge in [0.25, 0.3) is 0 Å². The van der Waals surface area contributed by atoms with Crippen LogP contribution in [0.3, 0.4) is 0 Å². The maximum atomic E-state index is 13.2. The van der Waals surface area contributed by atoms with Gasteiger partial charge in [0.05, 0.1) is 6.04 Å². The van der Waals surface area contributed by atoms with E-state index in [2.05, 4.69) is 44.0 Å². The molecule has 1 saturated heterocycles. The molecule has 1 fully saturated rings. The standard InChI is InChI=1S/C20H29F3N6S.HI/c1-14-6-8-29(9-7-14)16(17-5-4-10-30-17)12-26-19(24-2)25-11-15-13-28(3)27-18(15)20(21,22)23;/h4-5,10,13-14,16H,6-9,11-12H2,1-3H3,(H2,24,25,26);1H. The molecule has 2 N–H and O–H groups in total. The second kappa shape index (κ2) is 11.5. The molecule has 31 heavy (non-hydrogen) atoms. The Morgan fingerprint density at radius 3 is 2.61 bits per heavy atom. The lowest BCUT2D eigenvalue weighted by Gasteiger charge is -2.36. The van der Waals surface area contributed by atoms with Crippen molar-refractivity contribution < 1.29 is 13.2 Å². The van der Waals surface area contributed by atoms with E-state index in [9.17, 15) is 13.2 Å². The summed E-state index contributed by atoms with van der Waals surface area (Å²) in [6.07, 6.45) is -0.747. The van der Waals surface area contributed by atoms with E-state index >= 15 is 0 Å². The lowest BCUT2D eigenvalue weighted by molar-refractivity contribution is -0.142. The van der Waals surface area contributed by atoms with Gasteiger partial charge in [0, 0.05) is 43.8 Å². The zero-order valence-electron chi connectivity index (χ0n) is 17.9. The van der Waals surface area contributed by atoms with E-state index in [1.165, 1.54) is 35.6 Å². The van der Waals surface area contributed by atoms with Gasteiger partial charge in [0.2, 0.25) is 0 Å². The first-order valence-electron chi connectivity index (χ1n) is 10.1. The molecule has 0 bridgehead atoms. The molecule has 0 radical (unpaired) electrons. The van der Waals surface area contributed by atoms with Crippen molar-refractivity contribution in [2.75, 3.05) is 26.7 Å². The van der Waals surface area contributed by atoms with Gasteiger partial charge in [-0.3, -0.25) is 14.6 Å². The van der Waals surface area contributed by atoms with Crippen LogP contribution in [0.1, 0.15) is 41.9 Å². The van der Waals surface area contributed by atoms with E-state index in [-0.39, 0.29) is 42.1 Å². The molecule has 1 aliphatic heterocycles. The van der Waals surface area contributed by atoms with Gasteiger partial charge in [-0.1, -0.05) is 13.0 Å². The SMILES string of the molecule is CN=C(NCc1cn(C)nc1C(F)(F)F)NCC(c1cccs1)N1CCC(C)CC1.I. The van der Waals surface area contributed by atoms with Crippen LogP contribution in [0.15, 0.2) is 28.7 Å². The number of hydrogen-bond acceptors (Lipinski definition) is 4. The van der Waals surface area contributed by atoms with Crippen molar-refractivity contribution in [1.29, 1.82) is 0 Å². The number of nitrogens with zero attached hydrogens (tertiary/aromatic N) is 4. The van der Waals surface area contributed by atoms with Crippen molar-refractivity contribution in [3.05, 3.63) is 39.8 Å². The minimum Gasteiger partial charge on any atom is -0.354 e. The number of likely N-dealkylation sites (tertiary alicyclic amines) is 1. The van der Waals surface area contributed by atoms with Crippen LogP contribution >= 0.6 is 35.3 Å². The van der Waals surface area contributed by atoms with Gasteiger partial charge in [-0.05, 0) is 43.3 Å². The number of hydrogen-bond donors (Lipinski definition) is 2. The molecule has 0 spiro atoms. The molecule has 0 saturated carbocycles. The highest BCUT2D eigenvalue weighted by Gasteiger charge is 2.36. The molecule has 11 heteroatoms. The number of alkyl halides is 3. The molecule has 3 heterocycles. The van der Waals surface area contributed by atoms with Crippen LogP contribution in [-0.4, -0.2) is 47.3 Å². The third-order valence-corrected chi connectivity index (χ3v) is 6.41. The monoisotopic (exact) mass is 570 g/mol. The summed E-state index contributed by atoms with van der Waals surface area (Å²) in [6.45, 7) is 5.00. The lowest BCUT2D eigenvalue weighted by Crippen LogP contribution is -2.44. The molecule has 2 aromatic heterocycles. The fourth-order valence-electron chi connectivity index (χ4n) is 3.73. The highest BCUT2D eigenvalue weighted by molar-refractivity contribution is 14.0. The van der Waals surface area contributed by atoms with Crippen molar-refractivity contribution in [2.45, 2.75) is 38.5 Å². The topological polar surface area (TPSA) is 57.5 Å². The third-order valence-electron chi connectivity index (χ3n) is 5.44. The second-order valence-electron chi connectivity index (χ2n) is 7.73. The zero-order valence-corrected chi connectivity index (χ0v) is 21.1. The molecule has 0 aromatic carbocycles. The van der Waals surface area contributed by atoms with E-state index in [1.54, 1.807) is 18.4 Å². The van der Waals surface area contributed by atoms with Crippen LogP contribution in [-0.2, 0) is 19.8 Å². The van der Waals surface area contributed by atoms with Gasteiger partial charge in [-0.15, -0.1) is 35.3 Å². The molecule has 0 aliphatic carbocycles. The molecule has 0 amide bonds. The summed E-state index contributed by atoms with van der Waals surface area (Å²) in [5.41, 5.74) is -0.778. The van der Waals surface area contributed by atoms with Gasteiger partial charge >= 0.3 is 6.18 Å². The zero-order chi connectivity index (χ0) is 21.7. The molecular formula is C20H30F3IN6S. The first-order valence-corrected chi connectivity index (χ1v) is 11.0. The summed E-state index contributed by atoms with van der Waals surface area (Å²) in [6, 6.07) is 4.39. The summed E-state index contributed by atoms with van der Waals surface area (Å²) in [5.74, 6) is 1.22. The van der Waals surface area contributed by atoms with E-state index in [0.29, 0.717) is 12.5 Å². The van der Waals surface area contributed by atoms with Crippen LogP contribution in [0, 0.1) is 5.92 Å². The minimum atomic E-state index is -4.48. The number of nitrogens with one attached hydrogen (secondary N) is 2. The van der Waals surface area contributed by atoms with Crippen molar-refractivity contribution >= 4 is 41.3 Å². The highest BCUT2D eigenvalue weighted by atomic mass is 127. The number of rotatable bonds is 6. The first kappa shape index (κ1) is 25.9. The molecule has 6 nitrogen and oxygen atoms in total. The Hall–Kier alpha value is -1.34. The maximum absolute atomic E-state index is 13.2. The summed E-state index contributed by atoms with van der Waals surface area (Å²) < 4.78 is 40.7. The van der Waals surface area contributed by atoms with Gasteiger partial charge in [-0.25, -0.2) is 0 Å². The largest absolute Gasteiger partial charge is 0.435 e. The molecule has 1 aliphatic rings. The Kier molecular flexibility index (Phi) is 9.62. The summed E-state index contributed by atoms with van der Waals surface area (Å²) in [5, 5.41) is 11.9. The summed E-state index contributed by atoms with van der Waals surface area (Å²) >= 11 is 1.72. The number of piperidine rings is 1. The van der Waals surface area contributed by atoms with E-state index in [4.69, 9.17) is 0 Å². The third kappa shape index (κ3) is 7.07. The predicted octanol–water partition coefficient (Wildman–Crippen LogP) is 4.26. The number of aryl methyl sites for hydroxylation is 1. The Balaban J connectivity index is 0.00000341. The molecule has 2 aromatic rings. The highest BCUT2D eigenvalue weighted by Crippen LogP contribution is 2.31. The quantitative estimate of drug-likeness (QED) is 0.310. The van der Waals surface area contributed by atoms with Gasteiger partial charge in [0.1, 0.15) is 0 Å². The normalized spacial score (nSPS) is 17.3. The number of thiophene rings is 1. The van der Waals surface area contributed by atoms with E-state index in [1.807, 2.05) is 6.07 Å². The average molecular weight is 570 g/mol. The molecule has 1 unspecified atom stereocenters. The Morgan fingerprint density at radius 1 is 1.32 bits per heavy atom. The van der Waals surface area contributed by atoms with Crippen LogP contribution in [0.4, 0.5) is 13.2 Å². The van der Waals surface area contributed by atoms with Crippen LogP contribution in [0.5, 0.6) is 0 Å². The number of guanidine groups is 1. The van der Waals surface area contributed by atoms with Crippen LogP contribution < -0.4 is 10.6 Å². The first-order chi connectivity index (χ1) is 14.3. The smallest absolute Gasteiger partial charge is 0.354 e. The Bertz CT molecular complexity index is 829. The molecule has 174 valence electrons. The van der Waals surface area contributed by atoms with Gasteiger partial charge < -0.3 is 10.6 Å². The van der Waals surface area contributed by atoms with Crippen molar-refractivity contribution in [1.82, 2.24) is 25.3 Å². The summed E-state index contributed by atoms with van der Waals surface area (Å²) in [7, 11) is 3.10. The van der Waals surface area contributed by atoms with Crippen LogP contribution in [0.2, 0.25) is 0 Å². The Morgan fingerprint density at radius 2 is 2.03 bits per heavy atom. The fourth-order valence-corrected chi connectivity index (χ4v) is 4.59. The van der Waals surface area contributed by atoms with Crippen LogP contribution in [0.25, 0.3) is 0 Å². The van der Waals surface area contributed by atoms with Crippen molar-refractivity contribution in [2.24, 2.45) is 18.0 Å². The number of aromatic nitrogens is 2. The predicted molar refractivity (Wildman–Crippen MR) is 129 cm³/mol. The maximum Gasteiger partial charge on any atom is 0.435 e. The van der Waals surface area contributed by atoms with Crippen molar-refractivity contribution in [3.63, 3.8) is 0 Å². The summed E-state index contributed by atoms with van der Waals surface area (Å²) in [4.78, 5) is 7.94. The van der Waals surface area contributed by atoms with E-state index < -0.39 is 11.9 Å². The van der Waals surface area contributed by atoms with E-state index in [0.717, 1.165) is 19.0 Å². The molecule has 3 rings (SSSR count). The second-order valence-corrected chi connectivity index (χ2v) is 8.71. The lowest BCUT2D eigenvalue weighted by atomic mass is 9.97. The van der Waals surface area contributed by atoms with Crippen molar-refractivity contribution in [3.8, 4) is 0 Å². The average Bonchev–Trinajstić information content (AvgIpc) is 3.35. The van der Waals surface area contributed by atoms with Gasteiger partial charge in [-0.2, -0.15) is 18.3 Å². The number of halogens is 4. The fraction of sp³-hybridized carbons (Fsp3) is 0.600.